The van der Waals surface area contributed by atoms with Crippen LogP contribution >= 0.6 is 38.9 Å². The van der Waals surface area contributed by atoms with Crippen LogP contribution in [0.5, 0.6) is 11.5 Å². The summed E-state index contributed by atoms with van der Waals surface area (Å²) < 4.78 is 14.5. The Kier molecular flexibility index (Phi) is 8.96. The molecule has 0 bridgehead atoms. The molecule has 2 saturated heterocycles. The number of rotatable bonds is 6. The van der Waals surface area contributed by atoms with Crippen LogP contribution in [0.25, 0.3) is 43.2 Å². The quantitative estimate of drug-likeness (QED) is 0.127. The molecule has 1 saturated carbocycles. The van der Waals surface area contributed by atoms with Crippen molar-refractivity contribution in [2.24, 2.45) is 36.1 Å². The highest BCUT2D eigenvalue weighted by atomic mass is 79.9. The number of hydrogen-bond acceptors (Lipinski definition) is 10. The number of methoxy groups -OCH3 is 1. The van der Waals surface area contributed by atoms with Crippen molar-refractivity contribution >= 4 is 95.2 Å². The van der Waals surface area contributed by atoms with Crippen molar-refractivity contribution in [3.8, 4) is 33.5 Å². The van der Waals surface area contributed by atoms with Gasteiger partial charge in [0.2, 0.25) is 29.5 Å². The summed E-state index contributed by atoms with van der Waals surface area (Å²) in [6, 6.07) is 25.4. The van der Waals surface area contributed by atoms with Crippen molar-refractivity contribution in [1.29, 1.82) is 0 Å². The van der Waals surface area contributed by atoms with Crippen LogP contribution in [0.1, 0.15) is 36.8 Å². The van der Waals surface area contributed by atoms with Gasteiger partial charge in [-0.15, -0.1) is 11.3 Å². The monoisotopic (exact) mass is 941 g/mol. The molecule has 2 aliphatic carbocycles. The molecule has 7 aromatic rings. The zero-order chi connectivity index (χ0) is 43.8. The van der Waals surface area contributed by atoms with E-state index in [-0.39, 0.29) is 36.2 Å². The molecule has 0 radical (unpaired) electrons. The number of thiophene rings is 1. The standard InChI is InChI=1S/C48H37BrClN5O7S/c1-22-29-19-25(50)11-16-37(29)63-42(22)34-21-38(53(3)52-34)55-45(58)31-20-30-27(40(48(31,2)47(55)60)24-17-32(49)41(56)36(18-24)61-4)14-15-28-39(30)46(59)54(44(28)57)26-12-9-23(10-13-26)43-51-33-7-5-6-8-35(33)62-43/h5-14,16-19,21,28,30-31,39-40,56H,15,20H2,1-4H3/t28-,30+,31-,39-,40-,48+/m0/s1. The van der Waals surface area contributed by atoms with E-state index in [1.54, 1.807) is 65.5 Å². The third-order valence-electron chi connectivity index (χ3n) is 13.8. The summed E-state index contributed by atoms with van der Waals surface area (Å²) in [5.74, 6) is -4.29. The molecule has 3 fully saturated rings. The molecule has 5 heterocycles. The van der Waals surface area contributed by atoms with Gasteiger partial charge >= 0.3 is 0 Å². The lowest BCUT2D eigenvalue weighted by molar-refractivity contribution is -0.131. The van der Waals surface area contributed by atoms with Gasteiger partial charge in [0.05, 0.1) is 45.3 Å². The first-order valence-corrected chi connectivity index (χ1v) is 22.5. The highest BCUT2D eigenvalue weighted by Gasteiger charge is 2.68. The fourth-order valence-electron chi connectivity index (χ4n) is 10.7. The number of carbonyl (C=O) groups is 4. The van der Waals surface area contributed by atoms with Crippen molar-refractivity contribution in [2.45, 2.75) is 32.6 Å². The van der Waals surface area contributed by atoms with Crippen LogP contribution in [0, 0.1) is 36.0 Å². The summed E-state index contributed by atoms with van der Waals surface area (Å²) in [5, 5.41) is 17.4. The number of aryl methyl sites for hydroxylation is 2. The predicted molar refractivity (Wildman–Crippen MR) is 243 cm³/mol. The molecular weight excluding hydrogens is 906 g/mol. The smallest absolute Gasteiger partial charge is 0.242 e. The number of halogens is 2. The van der Waals surface area contributed by atoms with E-state index in [4.69, 9.17) is 25.9 Å². The summed E-state index contributed by atoms with van der Waals surface area (Å²) in [7, 11) is 3.16. The van der Waals surface area contributed by atoms with Crippen LogP contribution in [0.4, 0.5) is 11.5 Å². The van der Waals surface area contributed by atoms with Crippen LogP contribution in [0.3, 0.4) is 0 Å². The van der Waals surface area contributed by atoms with Crippen molar-refractivity contribution in [3.63, 3.8) is 0 Å². The number of oxazole rings is 1. The Morgan fingerprint density at radius 1 is 0.952 bits per heavy atom. The minimum atomic E-state index is -1.34. The number of imide groups is 2. The van der Waals surface area contributed by atoms with Gasteiger partial charge < -0.3 is 14.3 Å². The van der Waals surface area contributed by atoms with Crippen molar-refractivity contribution < 1.29 is 33.4 Å². The van der Waals surface area contributed by atoms with E-state index < -0.39 is 46.8 Å². The molecule has 0 unspecified atom stereocenters. The molecule has 4 aromatic carbocycles. The van der Waals surface area contributed by atoms with Crippen LogP contribution in [0.15, 0.2) is 105 Å². The average molecular weight is 943 g/mol. The van der Waals surface area contributed by atoms with Crippen LogP contribution < -0.4 is 14.5 Å². The second-order valence-electron chi connectivity index (χ2n) is 17.0. The van der Waals surface area contributed by atoms with Gasteiger partial charge in [-0.2, -0.15) is 5.10 Å². The molecule has 4 aliphatic rings. The summed E-state index contributed by atoms with van der Waals surface area (Å²) in [4.78, 5) is 67.6. The molecule has 12 nitrogen and oxygen atoms in total. The van der Waals surface area contributed by atoms with Crippen LogP contribution in [0.2, 0.25) is 5.02 Å². The molecule has 63 heavy (non-hydrogen) atoms. The van der Waals surface area contributed by atoms with Crippen molar-refractivity contribution in [2.75, 3.05) is 16.9 Å². The van der Waals surface area contributed by atoms with Crippen LogP contribution in [-0.2, 0) is 26.2 Å². The first-order chi connectivity index (χ1) is 30.3. The minimum Gasteiger partial charge on any atom is -0.503 e. The first kappa shape index (κ1) is 39.7. The Morgan fingerprint density at radius 2 is 1.73 bits per heavy atom. The van der Waals surface area contributed by atoms with Crippen LogP contribution in [-0.4, -0.2) is 50.6 Å². The molecule has 0 spiro atoms. The lowest BCUT2D eigenvalue weighted by atomic mass is 9.51. The number of aromatic hydroxyl groups is 1. The summed E-state index contributed by atoms with van der Waals surface area (Å²) in [6.07, 6.45) is 2.43. The average Bonchev–Trinajstić information content (AvgIpc) is 4.06. The fraction of sp³-hybridized carbons (Fsp3) is 0.250. The van der Waals surface area contributed by atoms with Gasteiger partial charge in [-0.1, -0.05) is 35.4 Å². The third-order valence-corrected chi connectivity index (χ3v) is 15.9. The number of para-hydroxylation sites is 2. The summed E-state index contributed by atoms with van der Waals surface area (Å²) in [6.45, 7) is 3.83. The van der Waals surface area contributed by atoms with E-state index in [1.807, 2.05) is 62.4 Å². The van der Waals surface area contributed by atoms with Crippen molar-refractivity contribution in [1.82, 2.24) is 14.8 Å². The number of allylic oxidation sites excluding steroid dienone is 2. The Labute approximate surface area is 377 Å². The Hall–Kier alpha value is -6.09. The van der Waals surface area contributed by atoms with Gasteiger partial charge in [-0.25, -0.2) is 9.88 Å². The number of phenols is 1. The van der Waals surface area contributed by atoms with E-state index in [9.17, 15) is 14.7 Å². The number of benzene rings is 4. The number of carbonyl (C=O) groups excluding carboxylic acids is 4. The number of amides is 4. The maximum absolute atomic E-state index is 15.3. The maximum atomic E-state index is 15.3. The number of nitrogens with zero attached hydrogens (tertiary/aromatic N) is 5. The summed E-state index contributed by atoms with van der Waals surface area (Å²) >= 11 is 11.4. The number of anilines is 2. The Morgan fingerprint density at radius 3 is 2.49 bits per heavy atom. The molecule has 316 valence electrons. The normalized spacial score (nSPS) is 24.3. The van der Waals surface area contributed by atoms with E-state index in [0.29, 0.717) is 49.3 Å². The predicted octanol–water partition coefficient (Wildman–Crippen LogP) is 9.98. The first-order valence-electron chi connectivity index (χ1n) is 20.5. The second-order valence-corrected chi connectivity index (χ2v) is 19.3. The van der Waals surface area contributed by atoms with Crippen molar-refractivity contribution in [3.05, 3.63) is 117 Å². The molecule has 1 N–H and O–H groups in total. The fourth-order valence-corrected chi connectivity index (χ4v) is 12.5. The second kappa shape index (κ2) is 14.2. The highest BCUT2D eigenvalue weighted by molar-refractivity contribution is 9.10. The molecule has 6 atom stereocenters. The Bertz CT molecular complexity index is 3160. The highest BCUT2D eigenvalue weighted by Crippen LogP contribution is 2.64. The van der Waals surface area contributed by atoms with Gasteiger partial charge in [0.25, 0.3) is 0 Å². The topological polar surface area (TPSA) is 148 Å². The molecule has 3 aromatic heterocycles. The van der Waals surface area contributed by atoms with E-state index in [2.05, 4.69) is 20.9 Å². The zero-order valence-corrected chi connectivity index (χ0v) is 37.4. The molecule has 2 aliphatic heterocycles. The molecular formula is C48H37BrClN5O7S. The zero-order valence-electron chi connectivity index (χ0n) is 34.3. The van der Waals surface area contributed by atoms with Gasteiger partial charge in [-0.05, 0) is 132 Å². The van der Waals surface area contributed by atoms with Gasteiger partial charge in [-0.3, -0.25) is 28.8 Å². The van der Waals surface area contributed by atoms with E-state index in [0.717, 1.165) is 31.6 Å². The lowest BCUT2D eigenvalue weighted by Gasteiger charge is -2.49. The summed E-state index contributed by atoms with van der Waals surface area (Å²) in [5.41, 5.74) is 4.18. The number of hydrogen-bond donors (Lipinski definition) is 1. The molecule has 15 heteroatoms. The maximum Gasteiger partial charge on any atom is 0.242 e. The number of ether oxygens (including phenoxy) is 1. The SMILES string of the molecule is COc1cc([C@H]2C3=CC[C@@H]4C(=O)N(c5ccc(-c6nc7ccccc7o6)cc5)C(=O)[C@@H]4[C@@H]3C[C@H]3C(=O)N(c4cc(-c5sc6ccc(Cl)cc6c5C)nn4C)C(=O)[C@@]23C)cc(Br)c1O. The number of phenolic OH excluding ortho intramolecular Hbond substituents is 1. The third kappa shape index (κ3) is 5.70. The van der Waals surface area contributed by atoms with Gasteiger partial charge in [0.15, 0.2) is 17.1 Å². The van der Waals surface area contributed by atoms with E-state index >= 15 is 9.59 Å². The lowest BCUT2D eigenvalue weighted by Crippen LogP contribution is -2.49. The molecule has 11 rings (SSSR count). The van der Waals surface area contributed by atoms with Gasteiger partial charge in [0.1, 0.15) is 17.0 Å². The largest absolute Gasteiger partial charge is 0.503 e. The minimum absolute atomic E-state index is 0.112. The molecule has 4 amide bonds. The van der Waals surface area contributed by atoms with E-state index in [1.165, 1.54) is 16.9 Å². The van der Waals surface area contributed by atoms with Gasteiger partial charge in [0, 0.05) is 34.3 Å². The Balaban J connectivity index is 0.983. The number of fused-ring (bicyclic) bond motifs is 6. The number of aromatic nitrogens is 3.